The number of carbonyl (C=O) groups excluding carboxylic acids is 1. The lowest BCUT2D eigenvalue weighted by Crippen LogP contribution is -2.25. The number of nitrogen functional groups attached to an aromatic ring is 1. The minimum absolute atomic E-state index is 0.259. The summed E-state index contributed by atoms with van der Waals surface area (Å²) >= 11 is 3.38. The van der Waals surface area contributed by atoms with E-state index < -0.39 is 0 Å². The second-order valence-electron chi connectivity index (χ2n) is 5.34. The Labute approximate surface area is 116 Å². The lowest BCUT2D eigenvalue weighted by molar-refractivity contribution is -0.128. The van der Waals surface area contributed by atoms with Crippen molar-refractivity contribution >= 4 is 27.5 Å². The van der Waals surface area contributed by atoms with Crippen LogP contribution in [0, 0.1) is 11.8 Å². The van der Waals surface area contributed by atoms with E-state index in [9.17, 15) is 4.79 Å². The SMILES string of the molecule is CC(C)C1CC(=O)N(Cc2ccc(Br)c(N)c2)C1. The van der Waals surface area contributed by atoms with Gasteiger partial charge >= 0.3 is 0 Å². The molecule has 1 aromatic carbocycles. The molecule has 98 valence electrons. The average Bonchev–Trinajstić information content (AvgIpc) is 2.66. The summed E-state index contributed by atoms with van der Waals surface area (Å²) in [5.74, 6) is 1.31. The molecule has 2 N–H and O–H groups in total. The van der Waals surface area contributed by atoms with Gasteiger partial charge in [0.1, 0.15) is 0 Å². The number of likely N-dealkylation sites (tertiary alicyclic amines) is 1. The number of anilines is 1. The molecule has 1 fully saturated rings. The molecule has 0 radical (unpaired) electrons. The van der Waals surface area contributed by atoms with Crippen LogP contribution in [0.2, 0.25) is 0 Å². The highest BCUT2D eigenvalue weighted by molar-refractivity contribution is 9.10. The van der Waals surface area contributed by atoms with Gasteiger partial charge in [0.15, 0.2) is 0 Å². The highest BCUT2D eigenvalue weighted by Crippen LogP contribution is 2.27. The number of halogens is 1. The maximum atomic E-state index is 11.9. The first-order valence-corrected chi connectivity index (χ1v) is 7.08. The fourth-order valence-electron chi connectivity index (χ4n) is 2.31. The zero-order valence-electron chi connectivity index (χ0n) is 10.8. The normalized spacial score (nSPS) is 19.9. The molecule has 0 spiro atoms. The molecule has 0 saturated carbocycles. The molecular formula is C14H19BrN2O. The average molecular weight is 311 g/mol. The van der Waals surface area contributed by atoms with Crippen LogP contribution in [-0.2, 0) is 11.3 Å². The Morgan fingerprint density at radius 1 is 1.50 bits per heavy atom. The van der Waals surface area contributed by atoms with Crippen molar-refractivity contribution in [1.82, 2.24) is 4.90 Å². The van der Waals surface area contributed by atoms with Gasteiger partial charge in [-0.1, -0.05) is 19.9 Å². The second-order valence-corrected chi connectivity index (χ2v) is 6.19. The highest BCUT2D eigenvalue weighted by atomic mass is 79.9. The van der Waals surface area contributed by atoms with E-state index in [2.05, 4.69) is 29.8 Å². The molecule has 1 heterocycles. The van der Waals surface area contributed by atoms with E-state index in [1.165, 1.54) is 0 Å². The van der Waals surface area contributed by atoms with Crippen LogP contribution in [0.5, 0.6) is 0 Å². The lowest BCUT2D eigenvalue weighted by atomic mass is 9.95. The molecule has 4 heteroatoms. The van der Waals surface area contributed by atoms with Crippen molar-refractivity contribution in [2.75, 3.05) is 12.3 Å². The first-order chi connectivity index (χ1) is 8.47. The van der Waals surface area contributed by atoms with Crippen LogP contribution < -0.4 is 5.73 Å². The van der Waals surface area contributed by atoms with Gasteiger partial charge in [0.2, 0.25) is 5.91 Å². The van der Waals surface area contributed by atoms with E-state index >= 15 is 0 Å². The van der Waals surface area contributed by atoms with Crippen molar-refractivity contribution in [3.8, 4) is 0 Å². The van der Waals surface area contributed by atoms with Crippen molar-refractivity contribution in [2.45, 2.75) is 26.8 Å². The molecule has 0 bridgehead atoms. The van der Waals surface area contributed by atoms with Crippen LogP contribution in [0.15, 0.2) is 22.7 Å². The Morgan fingerprint density at radius 2 is 2.22 bits per heavy atom. The smallest absolute Gasteiger partial charge is 0.223 e. The maximum absolute atomic E-state index is 11.9. The summed E-state index contributed by atoms with van der Waals surface area (Å²) in [4.78, 5) is 13.9. The quantitative estimate of drug-likeness (QED) is 0.872. The Hall–Kier alpha value is -1.03. The Balaban J connectivity index is 2.05. The molecule has 1 unspecified atom stereocenters. The molecule has 1 aromatic rings. The monoisotopic (exact) mass is 310 g/mol. The summed E-state index contributed by atoms with van der Waals surface area (Å²) in [6, 6.07) is 5.88. The van der Waals surface area contributed by atoms with Gasteiger partial charge in [-0.3, -0.25) is 4.79 Å². The van der Waals surface area contributed by atoms with E-state index in [0.29, 0.717) is 24.8 Å². The van der Waals surface area contributed by atoms with Crippen molar-refractivity contribution in [2.24, 2.45) is 11.8 Å². The van der Waals surface area contributed by atoms with Gasteiger partial charge in [-0.15, -0.1) is 0 Å². The minimum atomic E-state index is 0.259. The molecular weight excluding hydrogens is 292 g/mol. The molecule has 1 amide bonds. The van der Waals surface area contributed by atoms with Crippen LogP contribution in [-0.4, -0.2) is 17.4 Å². The summed E-state index contributed by atoms with van der Waals surface area (Å²) in [6.07, 6.45) is 0.684. The fraction of sp³-hybridized carbons (Fsp3) is 0.500. The van der Waals surface area contributed by atoms with Gasteiger partial charge in [0, 0.05) is 29.7 Å². The van der Waals surface area contributed by atoms with Crippen LogP contribution >= 0.6 is 15.9 Å². The van der Waals surface area contributed by atoms with Crippen molar-refractivity contribution in [3.63, 3.8) is 0 Å². The number of amides is 1. The van der Waals surface area contributed by atoms with Crippen molar-refractivity contribution < 1.29 is 4.79 Å². The van der Waals surface area contributed by atoms with Crippen LogP contribution in [0.3, 0.4) is 0 Å². The van der Waals surface area contributed by atoms with E-state index in [4.69, 9.17) is 5.73 Å². The second kappa shape index (κ2) is 5.31. The first kappa shape index (κ1) is 13.4. The number of carbonyl (C=O) groups is 1. The summed E-state index contributed by atoms with van der Waals surface area (Å²) < 4.78 is 0.902. The van der Waals surface area contributed by atoms with Crippen LogP contribution in [0.25, 0.3) is 0 Å². The summed E-state index contributed by atoms with van der Waals surface area (Å²) in [5.41, 5.74) is 7.67. The summed E-state index contributed by atoms with van der Waals surface area (Å²) in [7, 11) is 0. The third-order valence-corrected chi connectivity index (χ3v) is 4.34. The molecule has 1 atom stereocenters. The predicted molar refractivity (Wildman–Crippen MR) is 76.9 cm³/mol. The van der Waals surface area contributed by atoms with Gasteiger partial charge in [-0.2, -0.15) is 0 Å². The number of benzene rings is 1. The van der Waals surface area contributed by atoms with Gasteiger partial charge < -0.3 is 10.6 Å². The summed E-state index contributed by atoms with van der Waals surface area (Å²) in [5, 5.41) is 0. The Morgan fingerprint density at radius 3 is 2.78 bits per heavy atom. The highest BCUT2D eigenvalue weighted by Gasteiger charge is 2.31. The molecule has 18 heavy (non-hydrogen) atoms. The molecule has 3 nitrogen and oxygen atoms in total. The number of rotatable bonds is 3. The van der Waals surface area contributed by atoms with E-state index in [1.54, 1.807) is 0 Å². The zero-order chi connectivity index (χ0) is 13.3. The molecule has 0 aromatic heterocycles. The molecule has 2 rings (SSSR count). The van der Waals surface area contributed by atoms with Gasteiger partial charge in [0.05, 0.1) is 0 Å². The Bertz CT molecular complexity index is 459. The lowest BCUT2D eigenvalue weighted by Gasteiger charge is -2.18. The van der Waals surface area contributed by atoms with E-state index in [1.807, 2.05) is 23.1 Å². The molecule has 1 aliphatic heterocycles. The third kappa shape index (κ3) is 2.86. The van der Waals surface area contributed by atoms with Crippen molar-refractivity contribution in [3.05, 3.63) is 28.2 Å². The number of nitrogens with two attached hydrogens (primary N) is 1. The largest absolute Gasteiger partial charge is 0.398 e. The minimum Gasteiger partial charge on any atom is -0.398 e. The van der Waals surface area contributed by atoms with Crippen molar-refractivity contribution in [1.29, 1.82) is 0 Å². The topological polar surface area (TPSA) is 46.3 Å². The molecule has 1 saturated heterocycles. The fourth-order valence-corrected chi connectivity index (χ4v) is 2.56. The zero-order valence-corrected chi connectivity index (χ0v) is 12.4. The third-order valence-electron chi connectivity index (χ3n) is 3.62. The van der Waals surface area contributed by atoms with Gasteiger partial charge in [0.25, 0.3) is 0 Å². The maximum Gasteiger partial charge on any atom is 0.223 e. The van der Waals surface area contributed by atoms with Crippen LogP contribution in [0.4, 0.5) is 5.69 Å². The molecule has 0 aliphatic carbocycles. The number of nitrogens with zero attached hydrogens (tertiary/aromatic N) is 1. The molecule has 1 aliphatic rings. The first-order valence-electron chi connectivity index (χ1n) is 6.29. The Kier molecular flexibility index (Phi) is 3.95. The van der Waals surface area contributed by atoms with Gasteiger partial charge in [-0.05, 0) is 45.5 Å². The van der Waals surface area contributed by atoms with Gasteiger partial charge in [-0.25, -0.2) is 0 Å². The summed E-state index contributed by atoms with van der Waals surface area (Å²) in [6.45, 7) is 5.89. The van der Waals surface area contributed by atoms with E-state index in [-0.39, 0.29) is 5.91 Å². The van der Waals surface area contributed by atoms with Crippen LogP contribution in [0.1, 0.15) is 25.8 Å². The number of hydrogen-bond acceptors (Lipinski definition) is 2. The van der Waals surface area contributed by atoms with E-state index in [0.717, 1.165) is 22.3 Å². The predicted octanol–water partition coefficient (Wildman–Crippen LogP) is 3.04. The number of hydrogen-bond donors (Lipinski definition) is 1. The standard InChI is InChI=1S/C14H19BrN2O/c1-9(2)11-6-14(18)17(8-11)7-10-3-4-12(15)13(16)5-10/h3-5,9,11H,6-8,16H2,1-2H3.